The van der Waals surface area contributed by atoms with Gasteiger partial charge in [-0.2, -0.15) is 23.5 Å². The smallest absolute Gasteiger partial charge is 0.326 e. The van der Waals surface area contributed by atoms with Gasteiger partial charge in [-0.05, 0) is 72.1 Å². The number of thioether (sulfide) groups is 2. The Morgan fingerprint density at radius 2 is 1.85 bits per heavy atom. The van der Waals surface area contributed by atoms with Crippen molar-refractivity contribution in [1.29, 1.82) is 0 Å². The first kappa shape index (κ1) is 31.9. The van der Waals surface area contributed by atoms with Crippen molar-refractivity contribution in [1.82, 2.24) is 10.2 Å². The van der Waals surface area contributed by atoms with Crippen molar-refractivity contribution in [2.45, 2.75) is 70.6 Å². The maximum atomic E-state index is 13.4. The molecule has 1 amide bonds. The lowest BCUT2D eigenvalue weighted by Crippen LogP contribution is -2.41. The van der Waals surface area contributed by atoms with Crippen LogP contribution in [0.2, 0.25) is 0 Å². The predicted octanol–water partition coefficient (Wildman–Crippen LogP) is 6.50. The number of carbonyl (C=O) groups is 2. The normalized spacial score (nSPS) is 18.1. The fourth-order valence-electron chi connectivity index (χ4n) is 5.98. The second kappa shape index (κ2) is 16.6. The van der Waals surface area contributed by atoms with Crippen molar-refractivity contribution in [2.24, 2.45) is 5.92 Å². The molecule has 0 bridgehead atoms. The summed E-state index contributed by atoms with van der Waals surface area (Å²) in [7, 11) is 0. The molecule has 2 aromatic carbocycles. The van der Waals surface area contributed by atoms with Crippen molar-refractivity contribution in [3.8, 4) is 11.1 Å². The van der Waals surface area contributed by atoms with Gasteiger partial charge in [-0.15, -0.1) is 0 Å². The minimum atomic E-state index is -1.01. The molecule has 8 heteroatoms. The zero-order valence-electron chi connectivity index (χ0n) is 24.6. The fraction of sp³-hybridized carbons (Fsp3) is 0.576. The number of nitrogens with one attached hydrogen (secondary N) is 1. The molecule has 0 spiro atoms. The van der Waals surface area contributed by atoms with E-state index in [0.29, 0.717) is 24.3 Å². The van der Waals surface area contributed by atoms with Crippen LogP contribution in [-0.4, -0.2) is 77.2 Å². The largest absolute Gasteiger partial charge is 0.480 e. The highest BCUT2D eigenvalue weighted by Crippen LogP contribution is 2.31. The first-order valence-electron chi connectivity index (χ1n) is 15.1. The van der Waals surface area contributed by atoms with E-state index >= 15 is 0 Å². The summed E-state index contributed by atoms with van der Waals surface area (Å²) >= 11 is 3.61. The van der Waals surface area contributed by atoms with Crippen molar-refractivity contribution in [2.75, 3.05) is 43.1 Å². The van der Waals surface area contributed by atoms with Gasteiger partial charge >= 0.3 is 5.97 Å². The van der Waals surface area contributed by atoms with Crippen LogP contribution >= 0.6 is 23.5 Å². The summed E-state index contributed by atoms with van der Waals surface area (Å²) in [4.78, 5) is 27.8. The lowest BCUT2D eigenvalue weighted by molar-refractivity contribution is -0.139. The molecule has 1 saturated heterocycles. The van der Waals surface area contributed by atoms with E-state index in [9.17, 15) is 14.7 Å². The molecule has 2 unspecified atom stereocenters. The van der Waals surface area contributed by atoms with Crippen molar-refractivity contribution in [3.05, 3.63) is 59.2 Å². The van der Waals surface area contributed by atoms with Gasteiger partial charge in [-0.1, -0.05) is 62.4 Å². The Morgan fingerprint density at radius 3 is 2.56 bits per heavy atom. The standard InChI is InChI=1S/C33H46N2O4S2/c1-24-8-6-7-11-28(24)30-21-26(12-13-29(30)32(36)34-31(33(37)38)14-17-40-2)23-39-27(20-25-9-4-3-5-10-25)22-35-15-18-41-19-16-35/h6-8,11-13,21,25,27,31H,3-5,9-10,14-20,22-23H2,1-2H3,(H,34,36)(H,37,38). The van der Waals surface area contributed by atoms with Gasteiger partial charge in [0.2, 0.25) is 0 Å². The maximum Gasteiger partial charge on any atom is 0.326 e. The van der Waals surface area contributed by atoms with Crippen LogP contribution in [-0.2, 0) is 16.1 Å². The number of carbonyl (C=O) groups excluding carboxylic acids is 1. The Hall–Kier alpha value is -2.00. The zero-order valence-corrected chi connectivity index (χ0v) is 26.2. The number of hydrogen-bond donors (Lipinski definition) is 2. The van der Waals surface area contributed by atoms with Gasteiger partial charge in [0.05, 0.1) is 12.7 Å². The number of aryl methyl sites for hydroxylation is 1. The third-order valence-electron chi connectivity index (χ3n) is 8.35. The number of hydrogen-bond acceptors (Lipinski definition) is 6. The summed E-state index contributed by atoms with van der Waals surface area (Å²) in [5.74, 6) is 2.43. The van der Waals surface area contributed by atoms with E-state index in [4.69, 9.17) is 4.74 Å². The summed E-state index contributed by atoms with van der Waals surface area (Å²) in [5.41, 5.74) is 4.37. The quantitative estimate of drug-likeness (QED) is 0.257. The van der Waals surface area contributed by atoms with Crippen LogP contribution in [0, 0.1) is 12.8 Å². The minimum Gasteiger partial charge on any atom is -0.480 e. The van der Waals surface area contributed by atoms with Crippen molar-refractivity contribution in [3.63, 3.8) is 0 Å². The van der Waals surface area contributed by atoms with Gasteiger partial charge in [0.15, 0.2) is 0 Å². The fourth-order valence-corrected chi connectivity index (χ4v) is 7.43. The van der Waals surface area contributed by atoms with Crippen LogP contribution in [0.3, 0.4) is 0 Å². The molecule has 224 valence electrons. The molecular formula is C33H46N2O4S2. The number of nitrogens with zero attached hydrogens (tertiary/aromatic N) is 1. The lowest BCUT2D eigenvalue weighted by atomic mass is 9.85. The summed E-state index contributed by atoms with van der Waals surface area (Å²) in [5, 5.41) is 12.4. The molecule has 2 fully saturated rings. The molecular weight excluding hydrogens is 553 g/mol. The Bertz CT molecular complexity index is 1110. The minimum absolute atomic E-state index is 0.193. The van der Waals surface area contributed by atoms with E-state index in [1.807, 2.05) is 61.3 Å². The molecule has 0 radical (unpaired) electrons. The molecule has 2 N–H and O–H groups in total. The van der Waals surface area contributed by atoms with Gasteiger partial charge in [0.1, 0.15) is 6.04 Å². The molecule has 1 saturated carbocycles. The number of amides is 1. The van der Waals surface area contributed by atoms with E-state index in [1.54, 1.807) is 11.8 Å². The third-order valence-corrected chi connectivity index (χ3v) is 9.94. The Kier molecular flexibility index (Phi) is 12.9. The van der Waals surface area contributed by atoms with Gasteiger partial charge in [-0.25, -0.2) is 4.79 Å². The van der Waals surface area contributed by atoms with E-state index in [1.165, 1.54) is 43.6 Å². The molecule has 0 aromatic heterocycles. The van der Waals surface area contributed by atoms with E-state index in [2.05, 4.69) is 16.3 Å². The zero-order chi connectivity index (χ0) is 29.0. The van der Waals surface area contributed by atoms with Gasteiger partial charge < -0.3 is 15.2 Å². The van der Waals surface area contributed by atoms with Crippen LogP contribution in [0.1, 0.15) is 66.4 Å². The predicted molar refractivity (Wildman–Crippen MR) is 172 cm³/mol. The lowest BCUT2D eigenvalue weighted by Gasteiger charge is -2.33. The molecule has 4 rings (SSSR count). The molecule has 1 aliphatic carbocycles. The number of benzene rings is 2. The molecule has 6 nitrogen and oxygen atoms in total. The van der Waals surface area contributed by atoms with Gasteiger partial charge in [-0.3, -0.25) is 9.69 Å². The topological polar surface area (TPSA) is 78.9 Å². The average molecular weight is 599 g/mol. The molecule has 1 heterocycles. The van der Waals surface area contributed by atoms with Crippen LogP contribution < -0.4 is 5.32 Å². The monoisotopic (exact) mass is 598 g/mol. The van der Waals surface area contributed by atoms with Crippen LogP contribution in [0.4, 0.5) is 0 Å². The highest BCUT2D eigenvalue weighted by atomic mass is 32.2. The molecule has 1 aliphatic heterocycles. The second-order valence-corrected chi connectivity index (χ2v) is 13.6. The summed E-state index contributed by atoms with van der Waals surface area (Å²) in [6.45, 7) is 5.77. The average Bonchev–Trinajstić information content (AvgIpc) is 2.99. The third kappa shape index (κ3) is 9.77. The summed E-state index contributed by atoms with van der Waals surface area (Å²) in [6, 6.07) is 13.0. The van der Waals surface area contributed by atoms with Crippen molar-refractivity contribution >= 4 is 35.4 Å². The highest BCUT2D eigenvalue weighted by molar-refractivity contribution is 7.99. The van der Waals surface area contributed by atoms with Gasteiger partial charge in [0, 0.05) is 36.7 Å². The highest BCUT2D eigenvalue weighted by Gasteiger charge is 2.25. The molecule has 2 aliphatic rings. The molecule has 41 heavy (non-hydrogen) atoms. The first-order valence-corrected chi connectivity index (χ1v) is 17.6. The van der Waals surface area contributed by atoms with E-state index in [0.717, 1.165) is 54.2 Å². The number of rotatable bonds is 14. The van der Waals surface area contributed by atoms with Crippen LogP contribution in [0.5, 0.6) is 0 Å². The van der Waals surface area contributed by atoms with E-state index in [-0.39, 0.29) is 12.0 Å². The Labute approximate surface area is 254 Å². The summed E-state index contributed by atoms with van der Waals surface area (Å²) in [6.07, 6.45) is 10.3. The maximum absolute atomic E-state index is 13.4. The van der Waals surface area contributed by atoms with Crippen LogP contribution in [0.15, 0.2) is 42.5 Å². The molecule has 2 atom stereocenters. The van der Waals surface area contributed by atoms with Crippen molar-refractivity contribution < 1.29 is 19.4 Å². The number of carboxylic acids is 1. The number of ether oxygens (including phenoxy) is 1. The van der Waals surface area contributed by atoms with Crippen LogP contribution in [0.25, 0.3) is 11.1 Å². The van der Waals surface area contributed by atoms with Gasteiger partial charge in [0.25, 0.3) is 5.91 Å². The SMILES string of the molecule is CSCCC(NC(=O)c1ccc(COC(CC2CCCCC2)CN2CCSCC2)cc1-c1ccccc1C)C(=O)O. The van der Waals surface area contributed by atoms with E-state index < -0.39 is 12.0 Å². The number of aliphatic carboxylic acids is 1. The summed E-state index contributed by atoms with van der Waals surface area (Å²) < 4.78 is 6.67. The Balaban J connectivity index is 1.53. The first-order chi connectivity index (χ1) is 19.9. The number of carboxylic acid groups (broad SMARTS) is 1. The molecule has 2 aromatic rings. The second-order valence-electron chi connectivity index (χ2n) is 11.4. The Morgan fingerprint density at radius 1 is 1.10 bits per heavy atom.